The van der Waals surface area contributed by atoms with E-state index in [1.54, 1.807) is 36.4 Å². The van der Waals surface area contributed by atoms with Crippen LogP contribution in [0.5, 0.6) is 0 Å². The lowest BCUT2D eigenvalue weighted by Gasteiger charge is -2.15. The number of hydrogen-bond donors (Lipinski definition) is 2. The zero-order valence-electron chi connectivity index (χ0n) is 11.5. The molecule has 6 heteroatoms. The van der Waals surface area contributed by atoms with Crippen molar-refractivity contribution in [1.82, 2.24) is 10.7 Å². The molecule has 0 aromatic heterocycles. The molecule has 112 valence electrons. The molecule has 2 aromatic carbocycles. The van der Waals surface area contributed by atoms with E-state index in [9.17, 15) is 4.79 Å². The molecule has 0 saturated carbocycles. The number of rotatable bonds is 3. The first-order chi connectivity index (χ1) is 10.6. The van der Waals surface area contributed by atoms with Crippen LogP contribution >= 0.6 is 23.2 Å². The molecule has 1 unspecified atom stereocenters. The second kappa shape index (κ2) is 6.38. The van der Waals surface area contributed by atoms with E-state index in [0.717, 1.165) is 11.3 Å². The lowest BCUT2D eigenvalue weighted by Crippen LogP contribution is -2.42. The standard InChI is InChI=1S/C16H13Cl2N3O/c17-11-7-5-10(6-8-11)15-14(9-19-21-15)20-16(22)12-3-1-2-4-13(12)18/h1-8,14,19H,9H2,(H,20,22). The van der Waals surface area contributed by atoms with Crippen LogP contribution in [-0.4, -0.2) is 24.2 Å². The normalized spacial score (nSPS) is 16.8. The molecule has 4 nitrogen and oxygen atoms in total. The summed E-state index contributed by atoms with van der Waals surface area (Å²) in [6.07, 6.45) is 0. The largest absolute Gasteiger partial charge is 0.342 e. The lowest BCUT2D eigenvalue weighted by molar-refractivity contribution is 0.0948. The number of amides is 1. The fraction of sp³-hybridized carbons (Fsp3) is 0.125. The van der Waals surface area contributed by atoms with Gasteiger partial charge in [0, 0.05) is 10.6 Å². The molecule has 1 aliphatic heterocycles. The third kappa shape index (κ3) is 3.08. The minimum atomic E-state index is -0.221. The summed E-state index contributed by atoms with van der Waals surface area (Å²) in [5.41, 5.74) is 5.06. The molecule has 0 aliphatic carbocycles. The van der Waals surface area contributed by atoms with Crippen LogP contribution in [0.4, 0.5) is 0 Å². The second-order valence-electron chi connectivity index (χ2n) is 4.87. The van der Waals surface area contributed by atoms with E-state index in [-0.39, 0.29) is 11.9 Å². The number of benzene rings is 2. The fourth-order valence-electron chi connectivity index (χ4n) is 2.28. The van der Waals surface area contributed by atoms with E-state index in [1.165, 1.54) is 0 Å². The lowest BCUT2D eigenvalue weighted by atomic mass is 10.0. The van der Waals surface area contributed by atoms with Gasteiger partial charge in [-0.05, 0) is 24.3 Å². The predicted octanol–water partition coefficient (Wildman–Crippen LogP) is 3.10. The quantitative estimate of drug-likeness (QED) is 0.906. The SMILES string of the molecule is O=C(NC1CNN=C1c1ccc(Cl)cc1)c1ccccc1Cl. The van der Waals surface area contributed by atoms with E-state index in [2.05, 4.69) is 15.8 Å². The van der Waals surface area contributed by atoms with Crippen LogP contribution in [0.25, 0.3) is 0 Å². The summed E-state index contributed by atoms with van der Waals surface area (Å²) in [4.78, 5) is 12.4. The van der Waals surface area contributed by atoms with Gasteiger partial charge in [0.2, 0.25) is 0 Å². The average molecular weight is 334 g/mol. The first kappa shape index (κ1) is 14.9. The highest BCUT2D eigenvalue weighted by Gasteiger charge is 2.25. The minimum Gasteiger partial charge on any atom is -0.342 e. The Bertz CT molecular complexity index is 728. The first-order valence-corrected chi connectivity index (χ1v) is 7.52. The molecule has 2 N–H and O–H groups in total. The molecule has 22 heavy (non-hydrogen) atoms. The minimum absolute atomic E-state index is 0.218. The monoisotopic (exact) mass is 333 g/mol. The van der Waals surface area contributed by atoms with E-state index >= 15 is 0 Å². The van der Waals surface area contributed by atoms with E-state index < -0.39 is 0 Å². The Balaban J connectivity index is 1.78. The van der Waals surface area contributed by atoms with Gasteiger partial charge in [-0.15, -0.1) is 0 Å². The summed E-state index contributed by atoms with van der Waals surface area (Å²) in [7, 11) is 0. The molecule has 1 amide bonds. The number of nitrogens with one attached hydrogen (secondary N) is 2. The molecule has 3 rings (SSSR count). The number of carbonyl (C=O) groups is 1. The number of hydrazone groups is 1. The van der Waals surface area contributed by atoms with Crippen molar-refractivity contribution in [2.24, 2.45) is 5.10 Å². The number of hydrogen-bond acceptors (Lipinski definition) is 3. The van der Waals surface area contributed by atoms with Crippen LogP contribution < -0.4 is 10.7 Å². The Hall–Kier alpha value is -2.04. The molecular formula is C16H13Cl2N3O. The summed E-state index contributed by atoms with van der Waals surface area (Å²) < 4.78 is 0. The van der Waals surface area contributed by atoms with Crippen molar-refractivity contribution in [2.45, 2.75) is 6.04 Å². The first-order valence-electron chi connectivity index (χ1n) is 6.77. The fourth-order valence-corrected chi connectivity index (χ4v) is 2.63. The zero-order chi connectivity index (χ0) is 15.5. The number of nitrogens with zero attached hydrogens (tertiary/aromatic N) is 1. The Morgan fingerprint density at radius 3 is 2.59 bits per heavy atom. The summed E-state index contributed by atoms with van der Waals surface area (Å²) in [5.74, 6) is -0.221. The van der Waals surface area contributed by atoms with Gasteiger partial charge >= 0.3 is 0 Å². The van der Waals surface area contributed by atoms with Crippen molar-refractivity contribution in [3.05, 3.63) is 69.7 Å². The van der Waals surface area contributed by atoms with Gasteiger partial charge in [0.1, 0.15) is 0 Å². The van der Waals surface area contributed by atoms with Crippen molar-refractivity contribution in [3.8, 4) is 0 Å². The van der Waals surface area contributed by atoms with Crippen molar-refractivity contribution >= 4 is 34.8 Å². The third-order valence-corrected chi connectivity index (χ3v) is 3.97. The summed E-state index contributed by atoms with van der Waals surface area (Å²) in [6.45, 7) is 0.536. The van der Waals surface area contributed by atoms with Gasteiger partial charge in [-0.3, -0.25) is 4.79 Å². The van der Waals surface area contributed by atoms with Crippen molar-refractivity contribution in [2.75, 3.05) is 6.54 Å². The van der Waals surface area contributed by atoms with Gasteiger partial charge in [0.05, 0.1) is 28.9 Å². The molecule has 0 bridgehead atoms. The molecule has 0 spiro atoms. The Kier molecular flexibility index (Phi) is 4.32. The van der Waals surface area contributed by atoms with Crippen molar-refractivity contribution in [1.29, 1.82) is 0 Å². The van der Waals surface area contributed by atoms with E-state index in [1.807, 2.05) is 12.1 Å². The topological polar surface area (TPSA) is 53.5 Å². The maximum absolute atomic E-state index is 12.4. The maximum Gasteiger partial charge on any atom is 0.253 e. The van der Waals surface area contributed by atoms with Crippen LogP contribution in [0.3, 0.4) is 0 Å². The van der Waals surface area contributed by atoms with Crippen LogP contribution in [0.1, 0.15) is 15.9 Å². The molecule has 0 saturated heterocycles. The van der Waals surface area contributed by atoms with Gasteiger partial charge in [0.15, 0.2) is 0 Å². The van der Waals surface area contributed by atoms with Crippen LogP contribution in [0.2, 0.25) is 10.0 Å². The summed E-state index contributed by atoms with van der Waals surface area (Å²) in [5, 5.41) is 8.30. The highest BCUT2D eigenvalue weighted by Crippen LogP contribution is 2.17. The Morgan fingerprint density at radius 2 is 1.86 bits per heavy atom. The summed E-state index contributed by atoms with van der Waals surface area (Å²) >= 11 is 12.0. The second-order valence-corrected chi connectivity index (χ2v) is 5.72. The molecule has 0 radical (unpaired) electrons. The highest BCUT2D eigenvalue weighted by molar-refractivity contribution is 6.34. The Labute approximate surface area is 138 Å². The molecule has 1 heterocycles. The van der Waals surface area contributed by atoms with Gasteiger partial charge in [0.25, 0.3) is 5.91 Å². The smallest absolute Gasteiger partial charge is 0.253 e. The van der Waals surface area contributed by atoms with Crippen molar-refractivity contribution < 1.29 is 4.79 Å². The van der Waals surface area contributed by atoms with Crippen LogP contribution in [0.15, 0.2) is 53.6 Å². The number of halogens is 2. The third-order valence-electron chi connectivity index (χ3n) is 3.39. The predicted molar refractivity (Wildman–Crippen MR) is 88.7 cm³/mol. The highest BCUT2D eigenvalue weighted by atomic mass is 35.5. The van der Waals surface area contributed by atoms with Crippen LogP contribution in [-0.2, 0) is 0 Å². The van der Waals surface area contributed by atoms with Crippen molar-refractivity contribution in [3.63, 3.8) is 0 Å². The van der Waals surface area contributed by atoms with Gasteiger partial charge < -0.3 is 10.7 Å². The van der Waals surface area contributed by atoms with Gasteiger partial charge in [-0.2, -0.15) is 5.10 Å². The maximum atomic E-state index is 12.4. The van der Waals surface area contributed by atoms with E-state index in [4.69, 9.17) is 23.2 Å². The molecule has 1 aliphatic rings. The average Bonchev–Trinajstić information content (AvgIpc) is 2.96. The Morgan fingerprint density at radius 1 is 1.14 bits per heavy atom. The molecular weight excluding hydrogens is 321 g/mol. The van der Waals surface area contributed by atoms with Crippen LogP contribution in [0, 0.1) is 0 Å². The molecule has 0 fully saturated rings. The van der Waals surface area contributed by atoms with Gasteiger partial charge in [-0.1, -0.05) is 47.5 Å². The number of carbonyl (C=O) groups excluding carboxylic acids is 1. The molecule has 1 atom stereocenters. The van der Waals surface area contributed by atoms with Gasteiger partial charge in [-0.25, -0.2) is 0 Å². The molecule has 2 aromatic rings. The summed E-state index contributed by atoms with van der Waals surface area (Å²) in [6, 6.07) is 14.1. The van der Waals surface area contributed by atoms with E-state index in [0.29, 0.717) is 22.2 Å². The zero-order valence-corrected chi connectivity index (χ0v) is 13.0.